The highest BCUT2D eigenvalue weighted by atomic mass is 16.4. The maximum absolute atomic E-state index is 11.8. The Hall–Kier alpha value is -2.03. The van der Waals surface area contributed by atoms with Gasteiger partial charge in [0.1, 0.15) is 5.76 Å². The molecule has 0 fully saturated rings. The van der Waals surface area contributed by atoms with Gasteiger partial charge in [-0.15, -0.1) is 0 Å². The van der Waals surface area contributed by atoms with Gasteiger partial charge in [0.05, 0.1) is 11.7 Å². The average Bonchev–Trinajstić information content (AvgIpc) is 2.90. The van der Waals surface area contributed by atoms with E-state index in [-0.39, 0.29) is 5.41 Å². The first-order valence-corrected chi connectivity index (χ1v) is 7.10. The fourth-order valence-corrected chi connectivity index (χ4v) is 2.40. The van der Waals surface area contributed by atoms with Gasteiger partial charge in [-0.3, -0.25) is 4.79 Å². The molecule has 1 N–H and O–H groups in total. The lowest BCUT2D eigenvalue weighted by atomic mass is 9.77. The number of hydrogen-bond donors (Lipinski definition) is 1. The van der Waals surface area contributed by atoms with Gasteiger partial charge in [0, 0.05) is 6.42 Å². The Labute approximate surface area is 125 Å². The molecule has 0 saturated heterocycles. The van der Waals surface area contributed by atoms with Gasteiger partial charge in [-0.05, 0) is 35.6 Å². The van der Waals surface area contributed by atoms with Gasteiger partial charge < -0.3 is 9.52 Å². The van der Waals surface area contributed by atoms with E-state index in [0.29, 0.717) is 12.2 Å². The minimum atomic E-state index is -0.992. The van der Waals surface area contributed by atoms with Crippen molar-refractivity contribution in [3.8, 4) is 0 Å². The second kappa shape index (κ2) is 5.40. The highest BCUT2D eigenvalue weighted by Gasteiger charge is 2.36. The first-order valence-electron chi connectivity index (χ1n) is 7.10. The number of rotatable bonds is 4. The molecule has 0 radical (unpaired) electrons. The molecule has 2 aromatic rings. The summed E-state index contributed by atoms with van der Waals surface area (Å²) in [5.41, 5.74) is 1.05. The summed E-state index contributed by atoms with van der Waals surface area (Å²) in [7, 11) is 0. The standard InChI is InChI=1S/C18H22O3/c1-17(2,3)13-7-9-14(10-8-13)18(4,16(19)20)12-15-6-5-11-21-15/h5-11H,12H2,1-4H3,(H,19,20). The van der Waals surface area contributed by atoms with E-state index in [4.69, 9.17) is 4.42 Å². The molecule has 3 nitrogen and oxygen atoms in total. The molecule has 1 aromatic heterocycles. The van der Waals surface area contributed by atoms with Gasteiger partial charge >= 0.3 is 5.97 Å². The smallest absolute Gasteiger partial charge is 0.314 e. The summed E-state index contributed by atoms with van der Waals surface area (Å²) in [6.45, 7) is 8.16. The van der Waals surface area contributed by atoms with E-state index in [9.17, 15) is 9.90 Å². The quantitative estimate of drug-likeness (QED) is 0.918. The highest BCUT2D eigenvalue weighted by molar-refractivity contribution is 5.81. The molecule has 2 rings (SSSR count). The summed E-state index contributed by atoms with van der Waals surface area (Å²) in [6, 6.07) is 11.4. The molecule has 3 heteroatoms. The van der Waals surface area contributed by atoms with Crippen LogP contribution in [-0.2, 0) is 22.0 Å². The normalized spacial score (nSPS) is 14.7. The molecule has 0 aliphatic carbocycles. The second-order valence-electron chi connectivity index (χ2n) is 6.72. The van der Waals surface area contributed by atoms with Crippen LogP contribution in [0.15, 0.2) is 47.1 Å². The molecule has 0 aliphatic heterocycles. The van der Waals surface area contributed by atoms with Gasteiger partial charge in [0.25, 0.3) is 0 Å². The Bertz CT molecular complexity index is 603. The molecule has 112 valence electrons. The predicted molar refractivity (Wildman–Crippen MR) is 82.5 cm³/mol. The fourth-order valence-electron chi connectivity index (χ4n) is 2.40. The van der Waals surface area contributed by atoms with Crippen molar-refractivity contribution >= 4 is 5.97 Å². The lowest BCUT2D eigenvalue weighted by molar-refractivity contribution is -0.143. The Morgan fingerprint density at radius 3 is 2.05 bits per heavy atom. The van der Waals surface area contributed by atoms with Gasteiger partial charge in [-0.25, -0.2) is 0 Å². The topological polar surface area (TPSA) is 50.4 Å². The first kappa shape index (κ1) is 15.4. The third-order valence-corrected chi connectivity index (χ3v) is 3.97. The van der Waals surface area contributed by atoms with Crippen LogP contribution in [-0.4, -0.2) is 11.1 Å². The number of aliphatic carboxylic acids is 1. The summed E-state index contributed by atoms with van der Waals surface area (Å²) in [5.74, 6) is -0.165. The van der Waals surface area contributed by atoms with Gasteiger partial charge in [-0.1, -0.05) is 45.0 Å². The fraction of sp³-hybridized carbons (Fsp3) is 0.389. The monoisotopic (exact) mass is 286 g/mol. The minimum absolute atomic E-state index is 0.0547. The first-order chi connectivity index (χ1) is 9.73. The zero-order valence-electron chi connectivity index (χ0n) is 13.0. The van der Waals surface area contributed by atoms with Crippen molar-refractivity contribution in [3.05, 3.63) is 59.5 Å². The van der Waals surface area contributed by atoms with Gasteiger partial charge in [-0.2, -0.15) is 0 Å². The van der Waals surface area contributed by atoms with Crippen molar-refractivity contribution in [2.45, 2.75) is 44.9 Å². The van der Waals surface area contributed by atoms with E-state index >= 15 is 0 Å². The van der Waals surface area contributed by atoms with E-state index in [2.05, 4.69) is 20.8 Å². The number of benzene rings is 1. The van der Waals surface area contributed by atoms with Crippen LogP contribution in [0.2, 0.25) is 0 Å². The van der Waals surface area contributed by atoms with Crippen molar-refractivity contribution in [1.29, 1.82) is 0 Å². The zero-order chi connectivity index (χ0) is 15.7. The van der Waals surface area contributed by atoms with Crippen molar-refractivity contribution in [3.63, 3.8) is 0 Å². The van der Waals surface area contributed by atoms with Crippen LogP contribution in [0, 0.1) is 0 Å². The van der Waals surface area contributed by atoms with Crippen molar-refractivity contribution in [1.82, 2.24) is 0 Å². The third kappa shape index (κ3) is 3.18. The summed E-state index contributed by atoms with van der Waals surface area (Å²) >= 11 is 0. The van der Waals surface area contributed by atoms with Crippen LogP contribution < -0.4 is 0 Å². The summed E-state index contributed by atoms with van der Waals surface area (Å²) < 4.78 is 5.32. The zero-order valence-corrected chi connectivity index (χ0v) is 13.0. The van der Waals surface area contributed by atoms with E-state index in [0.717, 1.165) is 5.56 Å². The van der Waals surface area contributed by atoms with Crippen LogP contribution in [0.1, 0.15) is 44.6 Å². The molecule has 1 aromatic carbocycles. The van der Waals surface area contributed by atoms with Crippen LogP contribution >= 0.6 is 0 Å². The number of carboxylic acid groups (broad SMARTS) is 1. The molecular formula is C18H22O3. The van der Waals surface area contributed by atoms with E-state index in [1.165, 1.54) is 5.56 Å². The number of carbonyl (C=O) groups is 1. The van der Waals surface area contributed by atoms with Crippen LogP contribution in [0.4, 0.5) is 0 Å². The predicted octanol–water partition coefficient (Wildman–Crippen LogP) is 4.16. The summed E-state index contributed by atoms with van der Waals surface area (Å²) in [5, 5.41) is 9.67. The molecule has 1 heterocycles. The average molecular weight is 286 g/mol. The van der Waals surface area contributed by atoms with E-state index < -0.39 is 11.4 Å². The summed E-state index contributed by atoms with van der Waals surface area (Å²) in [6.07, 6.45) is 1.91. The molecule has 0 saturated carbocycles. The lowest BCUT2D eigenvalue weighted by Crippen LogP contribution is -2.34. The van der Waals surface area contributed by atoms with E-state index in [1.807, 2.05) is 30.3 Å². The number of carboxylic acids is 1. The second-order valence-corrected chi connectivity index (χ2v) is 6.72. The van der Waals surface area contributed by atoms with Crippen LogP contribution in [0.25, 0.3) is 0 Å². The molecule has 1 unspecified atom stereocenters. The molecule has 0 bridgehead atoms. The molecule has 0 spiro atoms. The maximum Gasteiger partial charge on any atom is 0.314 e. The lowest BCUT2D eigenvalue weighted by Gasteiger charge is -2.26. The van der Waals surface area contributed by atoms with E-state index in [1.54, 1.807) is 19.3 Å². The maximum atomic E-state index is 11.8. The molecule has 0 aliphatic rings. The van der Waals surface area contributed by atoms with Crippen LogP contribution in [0.5, 0.6) is 0 Å². The Balaban J connectivity index is 2.36. The van der Waals surface area contributed by atoms with Gasteiger partial charge in [0.15, 0.2) is 0 Å². The number of hydrogen-bond acceptors (Lipinski definition) is 2. The van der Waals surface area contributed by atoms with Crippen LogP contribution in [0.3, 0.4) is 0 Å². The third-order valence-electron chi connectivity index (χ3n) is 3.97. The molecule has 21 heavy (non-hydrogen) atoms. The highest BCUT2D eigenvalue weighted by Crippen LogP contribution is 2.31. The van der Waals surface area contributed by atoms with Gasteiger partial charge in [0.2, 0.25) is 0 Å². The largest absolute Gasteiger partial charge is 0.481 e. The molecular weight excluding hydrogens is 264 g/mol. The Kier molecular flexibility index (Phi) is 3.95. The summed E-state index contributed by atoms with van der Waals surface area (Å²) in [4.78, 5) is 11.8. The molecule has 1 atom stereocenters. The Morgan fingerprint density at radius 1 is 1.05 bits per heavy atom. The molecule has 0 amide bonds. The van der Waals surface area contributed by atoms with Crippen molar-refractivity contribution < 1.29 is 14.3 Å². The number of furan rings is 1. The Morgan fingerprint density at radius 2 is 1.62 bits per heavy atom. The SMILES string of the molecule is CC(C)(C)c1ccc(C(C)(Cc2ccco2)C(=O)O)cc1. The van der Waals surface area contributed by atoms with Crippen molar-refractivity contribution in [2.24, 2.45) is 0 Å². The minimum Gasteiger partial charge on any atom is -0.481 e. The van der Waals surface area contributed by atoms with Crippen molar-refractivity contribution in [2.75, 3.05) is 0 Å².